The van der Waals surface area contributed by atoms with Crippen LogP contribution >= 0.6 is 0 Å². The van der Waals surface area contributed by atoms with Gasteiger partial charge in [-0.1, -0.05) is 61.5 Å². The Morgan fingerprint density at radius 2 is 1.32 bits per heavy atom. The third-order valence-electron chi connectivity index (χ3n) is 7.95. The van der Waals surface area contributed by atoms with Crippen LogP contribution in [0.25, 0.3) is 21.8 Å². The molecule has 0 radical (unpaired) electrons. The molecule has 1 aliphatic heterocycles. The van der Waals surface area contributed by atoms with Gasteiger partial charge in [0.15, 0.2) is 0 Å². The fraction of sp³-hybridized carbons (Fsp3) is 0.222. The number of hydrogen-bond donors (Lipinski definition) is 4. The SMILES string of the molecule is CCNCc1ccccc1Cc1ccc2[nH]ccc2c1.c1cc2c(c(Cc3ccc4[nH]ccc4c3)c1)CNCC2. The molecule has 4 N–H and O–H groups in total. The van der Waals surface area contributed by atoms with E-state index >= 15 is 0 Å². The highest BCUT2D eigenvalue weighted by Gasteiger charge is 2.12. The molecule has 0 fully saturated rings. The third-order valence-corrected chi connectivity index (χ3v) is 7.95. The molecule has 0 aliphatic carbocycles. The fourth-order valence-corrected chi connectivity index (χ4v) is 5.78. The van der Waals surface area contributed by atoms with Crippen LogP contribution in [0.15, 0.2) is 103 Å². The Morgan fingerprint density at radius 1 is 0.675 bits per heavy atom. The highest BCUT2D eigenvalue weighted by atomic mass is 14.9. The van der Waals surface area contributed by atoms with Gasteiger partial charge in [-0.3, -0.25) is 0 Å². The molecule has 1 aliphatic rings. The molecule has 7 rings (SSSR count). The average Bonchev–Trinajstić information content (AvgIpc) is 3.66. The molecule has 4 heteroatoms. The normalized spacial score (nSPS) is 12.7. The Bertz CT molecular complexity index is 1710. The van der Waals surface area contributed by atoms with E-state index in [1.54, 1.807) is 0 Å². The van der Waals surface area contributed by atoms with Gasteiger partial charge in [-0.25, -0.2) is 0 Å². The van der Waals surface area contributed by atoms with E-state index < -0.39 is 0 Å². The number of nitrogens with one attached hydrogen (secondary N) is 4. The van der Waals surface area contributed by atoms with E-state index in [1.807, 2.05) is 12.4 Å². The first-order valence-electron chi connectivity index (χ1n) is 14.5. The number of rotatable bonds is 7. The van der Waals surface area contributed by atoms with Gasteiger partial charge in [0.25, 0.3) is 0 Å². The first kappa shape index (κ1) is 26.1. The number of aromatic nitrogens is 2. The molecule has 40 heavy (non-hydrogen) atoms. The third kappa shape index (κ3) is 6.04. The number of benzene rings is 4. The van der Waals surface area contributed by atoms with Crippen LogP contribution in [-0.2, 0) is 32.4 Å². The number of hydrogen-bond acceptors (Lipinski definition) is 2. The quantitative estimate of drug-likeness (QED) is 0.177. The summed E-state index contributed by atoms with van der Waals surface area (Å²) in [6.07, 6.45) is 7.16. The maximum atomic E-state index is 3.49. The van der Waals surface area contributed by atoms with Crippen molar-refractivity contribution >= 4 is 21.8 Å². The van der Waals surface area contributed by atoms with Crippen LogP contribution in [0.1, 0.15) is 45.9 Å². The van der Waals surface area contributed by atoms with Gasteiger partial charge in [-0.05, 0) is 118 Å². The lowest BCUT2D eigenvalue weighted by Crippen LogP contribution is -2.24. The van der Waals surface area contributed by atoms with Crippen molar-refractivity contribution in [3.63, 3.8) is 0 Å². The summed E-state index contributed by atoms with van der Waals surface area (Å²) in [6, 6.07) is 33.1. The van der Waals surface area contributed by atoms with Crippen LogP contribution < -0.4 is 10.6 Å². The summed E-state index contributed by atoms with van der Waals surface area (Å²) in [7, 11) is 0. The standard InChI is InChI=1S/C18H18N2.C18H20N2/c1-2-14-6-8-19-12-17(14)15(3-1)10-13-4-5-18-16(11-13)7-9-20-18;1-2-19-13-17-6-4-3-5-15(17)11-14-7-8-18-16(12-14)9-10-20-18/h1-5,7,9,11,19-20H,6,8,10,12H2;3-10,12,19-20H,2,11,13H2,1H3. The number of aromatic amines is 2. The molecule has 0 bridgehead atoms. The Morgan fingerprint density at radius 3 is 2.02 bits per heavy atom. The minimum atomic E-state index is 0.944. The Labute approximate surface area is 236 Å². The van der Waals surface area contributed by atoms with Gasteiger partial charge < -0.3 is 20.6 Å². The van der Waals surface area contributed by atoms with Crippen LogP contribution in [0.2, 0.25) is 0 Å². The molecule has 4 nitrogen and oxygen atoms in total. The fourth-order valence-electron chi connectivity index (χ4n) is 5.78. The van der Waals surface area contributed by atoms with Crippen molar-refractivity contribution < 1.29 is 0 Å². The molecule has 0 saturated carbocycles. The van der Waals surface area contributed by atoms with Crippen molar-refractivity contribution in [1.29, 1.82) is 0 Å². The Balaban J connectivity index is 0.000000145. The highest BCUT2D eigenvalue weighted by Crippen LogP contribution is 2.23. The largest absolute Gasteiger partial charge is 0.361 e. The van der Waals surface area contributed by atoms with E-state index in [0.29, 0.717) is 0 Å². The first-order chi connectivity index (χ1) is 19.8. The van der Waals surface area contributed by atoms with E-state index in [9.17, 15) is 0 Å². The van der Waals surface area contributed by atoms with Crippen LogP contribution in [0.3, 0.4) is 0 Å². The van der Waals surface area contributed by atoms with Gasteiger partial charge >= 0.3 is 0 Å². The lowest BCUT2D eigenvalue weighted by Gasteiger charge is -2.20. The van der Waals surface area contributed by atoms with E-state index in [4.69, 9.17) is 0 Å². The molecular formula is C36H38N4. The zero-order valence-corrected chi connectivity index (χ0v) is 23.3. The van der Waals surface area contributed by atoms with E-state index in [-0.39, 0.29) is 0 Å². The summed E-state index contributed by atoms with van der Waals surface area (Å²) < 4.78 is 0. The molecule has 0 spiro atoms. The van der Waals surface area contributed by atoms with Crippen LogP contribution in [0.4, 0.5) is 0 Å². The second-order valence-electron chi connectivity index (χ2n) is 10.7. The Hall–Kier alpha value is -4.12. The zero-order valence-electron chi connectivity index (χ0n) is 23.3. The molecule has 0 unspecified atom stereocenters. The maximum absolute atomic E-state index is 3.49. The van der Waals surface area contributed by atoms with Crippen molar-refractivity contribution in [2.24, 2.45) is 0 Å². The van der Waals surface area contributed by atoms with Crippen LogP contribution in [0, 0.1) is 0 Å². The second-order valence-corrected chi connectivity index (χ2v) is 10.7. The minimum absolute atomic E-state index is 0.944. The maximum Gasteiger partial charge on any atom is 0.0454 e. The second kappa shape index (κ2) is 12.4. The molecule has 0 amide bonds. The molecule has 0 saturated heterocycles. The van der Waals surface area contributed by atoms with Gasteiger partial charge in [0.2, 0.25) is 0 Å². The summed E-state index contributed by atoms with van der Waals surface area (Å²) in [5, 5.41) is 9.48. The van der Waals surface area contributed by atoms with Crippen molar-refractivity contribution in [2.75, 3.05) is 13.1 Å². The summed E-state index contributed by atoms with van der Waals surface area (Å²) in [6.45, 7) is 6.20. The van der Waals surface area contributed by atoms with Crippen molar-refractivity contribution in [1.82, 2.24) is 20.6 Å². The molecule has 4 aromatic carbocycles. The summed E-state index contributed by atoms with van der Waals surface area (Å²) >= 11 is 0. The lowest BCUT2D eigenvalue weighted by molar-refractivity contribution is 0.639. The number of fused-ring (bicyclic) bond motifs is 3. The lowest BCUT2D eigenvalue weighted by atomic mass is 9.92. The summed E-state index contributed by atoms with van der Waals surface area (Å²) in [5.41, 5.74) is 12.4. The van der Waals surface area contributed by atoms with Gasteiger partial charge in [0.05, 0.1) is 0 Å². The van der Waals surface area contributed by atoms with Crippen LogP contribution in [0.5, 0.6) is 0 Å². The minimum Gasteiger partial charge on any atom is -0.361 e. The van der Waals surface area contributed by atoms with E-state index in [2.05, 4.69) is 119 Å². The van der Waals surface area contributed by atoms with Crippen molar-refractivity contribution in [2.45, 2.75) is 39.3 Å². The van der Waals surface area contributed by atoms with Crippen LogP contribution in [-0.4, -0.2) is 23.1 Å². The van der Waals surface area contributed by atoms with Gasteiger partial charge in [-0.2, -0.15) is 0 Å². The summed E-state index contributed by atoms with van der Waals surface area (Å²) in [5.74, 6) is 0. The average molecular weight is 527 g/mol. The molecule has 202 valence electrons. The predicted molar refractivity (Wildman–Crippen MR) is 168 cm³/mol. The topological polar surface area (TPSA) is 55.6 Å². The highest BCUT2D eigenvalue weighted by molar-refractivity contribution is 5.80. The van der Waals surface area contributed by atoms with E-state index in [1.165, 1.54) is 60.8 Å². The first-order valence-corrected chi connectivity index (χ1v) is 14.5. The Kier molecular flexibility index (Phi) is 8.08. The molecular weight excluding hydrogens is 488 g/mol. The predicted octanol–water partition coefficient (Wildman–Crippen LogP) is 7.27. The molecule has 2 aromatic heterocycles. The van der Waals surface area contributed by atoms with Gasteiger partial charge in [0, 0.05) is 36.5 Å². The molecule has 0 atom stereocenters. The number of H-pyrrole nitrogens is 2. The monoisotopic (exact) mass is 526 g/mol. The smallest absolute Gasteiger partial charge is 0.0454 e. The van der Waals surface area contributed by atoms with Gasteiger partial charge in [0.1, 0.15) is 0 Å². The zero-order chi connectivity index (χ0) is 27.1. The molecule has 6 aromatic rings. The summed E-state index contributed by atoms with van der Waals surface area (Å²) in [4.78, 5) is 6.49. The van der Waals surface area contributed by atoms with Gasteiger partial charge in [-0.15, -0.1) is 0 Å². The van der Waals surface area contributed by atoms with E-state index in [0.717, 1.165) is 45.4 Å². The molecule has 3 heterocycles. The van der Waals surface area contributed by atoms with Crippen molar-refractivity contribution in [3.05, 3.63) is 142 Å². The van der Waals surface area contributed by atoms with Crippen molar-refractivity contribution in [3.8, 4) is 0 Å².